The maximum Gasteiger partial charge on any atom is 0.191 e. The van der Waals surface area contributed by atoms with Gasteiger partial charge in [-0.15, -0.1) is 24.0 Å². The highest BCUT2D eigenvalue weighted by atomic mass is 127. The number of nitrogens with zero attached hydrogens (tertiary/aromatic N) is 4. The number of thioether (sulfide) groups is 1. The molecule has 0 saturated carbocycles. The van der Waals surface area contributed by atoms with E-state index < -0.39 is 0 Å². The van der Waals surface area contributed by atoms with E-state index in [1.165, 1.54) is 0 Å². The first-order valence-corrected chi connectivity index (χ1v) is 6.51. The maximum atomic E-state index is 5.94. The van der Waals surface area contributed by atoms with E-state index >= 15 is 0 Å². The van der Waals surface area contributed by atoms with E-state index in [4.69, 9.17) is 5.73 Å². The molecule has 0 spiro atoms. The Labute approximate surface area is 123 Å². The predicted octanol–water partition coefficient (Wildman–Crippen LogP) is 0.902. The highest BCUT2D eigenvalue weighted by Gasteiger charge is 2.11. The molecule has 1 aliphatic rings. The van der Waals surface area contributed by atoms with Crippen molar-refractivity contribution in [2.45, 2.75) is 6.54 Å². The van der Waals surface area contributed by atoms with Crippen LogP contribution in [0, 0.1) is 0 Å². The lowest BCUT2D eigenvalue weighted by Gasteiger charge is -2.27. The van der Waals surface area contributed by atoms with Gasteiger partial charge in [0.2, 0.25) is 0 Å². The fourth-order valence-corrected chi connectivity index (χ4v) is 2.52. The van der Waals surface area contributed by atoms with Crippen LogP contribution in [0.3, 0.4) is 0 Å². The second-order valence-electron chi connectivity index (χ2n) is 3.80. The molecule has 0 atom stereocenters. The Hall–Kier alpha value is -0.440. The van der Waals surface area contributed by atoms with Crippen molar-refractivity contribution in [2.24, 2.45) is 17.8 Å². The fourth-order valence-electron chi connectivity index (χ4n) is 1.62. The van der Waals surface area contributed by atoms with Crippen LogP contribution in [-0.2, 0) is 13.6 Å². The summed E-state index contributed by atoms with van der Waals surface area (Å²) in [5.41, 5.74) is 7.04. The van der Waals surface area contributed by atoms with Gasteiger partial charge in [-0.05, 0) is 0 Å². The van der Waals surface area contributed by atoms with Crippen LogP contribution >= 0.6 is 35.7 Å². The molecule has 1 aromatic rings. The van der Waals surface area contributed by atoms with Gasteiger partial charge in [-0.1, -0.05) is 0 Å². The van der Waals surface area contributed by atoms with E-state index in [0.29, 0.717) is 12.5 Å². The third-order valence-electron chi connectivity index (χ3n) is 2.52. The molecular weight excluding hydrogens is 349 g/mol. The van der Waals surface area contributed by atoms with E-state index in [0.717, 1.165) is 30.2 Å². The van der Waals surface area contributed by atoms with Gasteiger partial charge in [0, 0.05) is 43.4 Å². The SMILES string of the molecule is Cn1cc(CN=C(N)N2CCSCC2)cn1.I. The van der Waals surface area contributed by atoms with E-state index in [2.05, 4.69) is 15.0 Å². The average molecular weight is 367 g/mol. The summed E-state index contributed by atoms with van der Waals surface area (Å²) < 4.78 is 1.78. The minimum atomic E-state index is 0. The van der Waals surface area contributed by atoms with Gasteiger partial charge in [-0.2, -0.15) is 16.9 Å². The van der Waals surface area contributed by atoms with Crippen molar-refractivity contribution < 1.29 is 0 Å². The Morgan fingerprint density at radius 1 is 1.53 bits per heavy atom. The molecule has 0 aliphatic carbocycles. The molecule has 2 rings (SSSR count). The zero-order chi connectivity index (χ0) is 11.4. The van der Waals surface area contributed by atoms with Gasteiger partial charge in [0.05, 0.1) is 12.7 Å². The van der Waals surface area contributed by atoms with Gasteiger partial charge in [0.15, 0.2) is 5.96 Å². The summed E-state index contributed by atoms with van der Waals surface area (Å²) in [5.74, 6) is 2.94. The second kappa shape index (κ2) is 7.10. The standard InChI is InChI=1S/C10H17N5S.HI/c1-14-8-9(7-13-14)6-12-10(11)15-2-4-16-5-3-15;/h7-8H,2-6H2,1H3,(H2,11,12);1H. The van der Waals surface area contributed by atoms with Gasteiger partial charge < -0.3 is 10.6 Å². The number of halogens is 1. The molecular formula is C10H18IN5S. The van der Waals surface area contributed by atoms with Crippen LogP contribution in [0.15, 0.2) is 17.4 Å². The number of guanidine groups is 1. The number of aromatic nitrogens is 2. The van der Waals surface area contributed by atoms with E-state index in [9.17, 15) is 0 Å². The topological polar surface area (TPSA) is 59.4 Å². The van der Waals surface area contributed by atoms with Gasteiger partial charge >= 0.3 is 0 Å². The molecule has 1 saturated heterocycles. The summed E-state index contributed by atoms with van der Waals surface area (Å²) >= 11 is 1.97. The second-order valence-corrected chi connectivity index (χ2v) is 5.02. The largest absolute Gasteiger partial charge is 0.370 e. The molecule has 0 unspecified atom stereocenters. The molecule has 7 heteroatoms. The van der Waals surface area contributed by atoms with Crippen molar-refractivity contribution in [1.82, 2.24) is 14.7 Å². The molecule has 96 valence electrons. The molecule has 5 nitrogen and oxygen atoms in total. The lowest BCUT2D eigenvalue weighted by atomic mass is 10.4. The Morgan fingerprint density at radius 3 is 2.82 bits per heavy atom. The maximum absolute atomic E-state index is 5.94. The van der Waals surface area contributed by atoms with Crippen LogP contribution in [0.4, 0.5) is 0 Å². The molecule has 1 aromatic heterocycles. The molecule has 0 bridgehead atoms. The third kappa shape index (κ3) is 4.38. The quantitative estimate of drug-likeness (QED) is 0.480. The van der Waals surface area contributed by atoms with E-state index in [1.807, 2.05) is 31.2 Å². The predicted molar refractivity (Wildman–Crippen MR) is 82.8 cm³/mol. The molecule has 2 N–H and O–H groups in total. The minimum Gasteiger partial charge on any atom is -0.370 e. The monoisotopic (exact) mass is 367 g/mol. The smallest absolute Gasteiger partial charge is 0.191 e. The first-order valence-electron chi connectivity index (χ1n) is 5.36. The Bertz CT molecular complexity index is 373. The van der Waals surface area contributed by atoms with Crippen molar-refractivity contribution in [3.63, 3.8) is 0 Å². The summed E-state index contributed by atoms with van der Waals surface area (Å²) in [4.78, 5) is 6.53. The number of rotatable bonds is 2. The van der Waals surface area contributed by atoms with Crippen LogP contribution in [0.25, 0.3) is 0 Å². The minimum absolute atomic E-state index is 0. The summed E-state index contributed by atoms with van der Waals surface area (Å²) in [6.07, 6.45) is 3.78. The van der Waals surface area contributed by atoms with Crippen LogP contribution in [0.1, 0.15) is 5.56 Å². The van der Waals surface area contributed by atoms with Gasteiger partial charge in [0.25, 0.3) is 0 Å². The van der Waals surface area contributed by atoms with Crippen LogP contribution in [-0.4, -0.2) is 45.2 Å². The van der Waals surface area contributed by atoms with Crippen molar-refractivity contribution in [1.29, 1.82) is 0 Å². The van der Waals surface area contributed by atoms with Crippen molar-refractivity contribution in [3.8, 4) is 0 Å². The van der Waals surface area contributed by atoms with Crippen molar-refractivity contribution in [3.05, 3.63) is 18.0 Å². The zero-order valence-corrected chi connectivity index (χ0v) is 13.0. The number of hydrogen-bond acceptors (Lipinski definition) is 3. The van der Waals surface area contributed by atoms with E-state index in [1.54, 1.807) is 4.68 Å². The first-order chi connectivity index (χ1) is 7.75. The van der Waals surface area contributed by atoms with Crippen LogP contribution in [0.2, 0.25) is 0 Å². The first kappa shape index (κ1) is 14.6. The number of hydrogen-bond donors (Lipinski definition) is 1. The van der Waals surface area contributed by atoms with E-state index in [-0.39, 0.29) is 24.0 Å². The van der Waals surface area contributed by atoms with Gasteiger partial charge in [-0.25, -0.2) is 4.99 Å². The highest BCUT2D eigenvalue weighted by Crippen LogP contribution is 2.09. The lowest BCUT2D eigenvalue weighted by Crippen LogP contribution is -2.42. The molecule has 0 amide bonds. The molecule has 1 aliphatic heterocycles. The molecule has 2 heterocycles. The van der Waals surface area contributed by atoms with Crippen molar-refractivity contribution >= 4 is 41.7 Å². The van der Waals surface area contributed by atoms with Gasteiger partial charge in [0.1, 0.15) is 0 Å². The summed E-state index contributed by atoms with van der Waals surface area (Å²) in [7, 11) is 1.90. The Morgan fingerprint density at radius 2 is 2.24 bits per heavy atom. The average Bonchev–Trinajstić information content (AvgIpc) is 2.73. The van der Waals surface area contributed by atoms with Crippen LogP contribution in [0.5, 0.6) is 0 Å². The summed E-state index contributed by atoms with van der Waals surface area (Å²) in [6, 6.07) is 0. The normalized spacial score (nSPS) is 16.8. The lowest BCUT2D eigenvalue weighted by molar-refractivity contribution is 0.455. The molecule has 1 fully saturated rings. The molecule has 0 aromatic carbocycles. The number of nitrogens with two attached hydrogens (primary N) is 1. The number of aryl methyl sites for hydroxylation is 1. The fraction of sp³-hybridized carbons (Fsp3) is 0.600. The Balaban J connectivity index is 0.00000144. The molecule has 0 radical (unpaired) electrons. The zero-order valence-electron chi connectivity index (χ0n) is 9.87. The van der Waals surface area contributed by atoms with Gasteiger partial charge in [-0.3, -0.25) is 4.68 Å². The number of aliphatic imine (C=N–C) groups is 1. The van der Waals surface area contributed by atoms with Crippen LogP contribution < -0.4 is 5.73 Å². The third-order valence-corrected chi connectivity index (χ3v) is 3.46. The van der Waals surface area contributed by atoms with Crippen molar-refractivity contribution in [2.75, 3.05) is 24.6 Å². The summed E-state index contributed by atoms with van der Waals surface area (Å²) in [5, 5.41) is 4.10. The highest BCUT2D eigenvalue weighted by molar-refractivity contribution is 14.0. The Kier molecular flexibility index (Phi) is 6.10. The molecule has 17 heavy (non-hydrogen) atoms. The summed E-state index contributed by atoms with van der Waals surface area (Å²) in [6.45, 7) is 2.63.